The van der Waals surface area contributed by atoms with Gasteiger partial charge in [-0.05, 0) is 29.8 Å². The quantitative estimate of drug-likeness (QED) is 0.351. The summed E-state index contributed by atoms with van der Waals surface area (Å²) in [4.78, 5) is 12.7. The lowest BCUT2D eigenvalue weighted by atomic mass is 10.1. The van der Waals surface area contributed by atoms with Crippen molar-refractivity contribution < 1.29 is 9.53 Å². The largest absolute Gasteiger partial charge is 0.462 e. The molecule has 28 heavy (non-hydrogen) atoms. The second kappa shape index (κ2) is 6.42. The topological polar surface area (TPSA) is 69.4 Å². The lowest BCUT2D eigenvalue weighted by Gasteiger charge is -2.04. The molecule has 3 aromatic carbocycles. The fourth-order valence-corrected chi connectivity index (χ4v) is 3.43. The maximum absolute atomic E-state index is 12.7. The van der Waals surface area contributed by atoms with Gasteiger partial charge in [-0.3, -0.25) is 0 Å². The van der Waals surface area contributed by atoms with E-state index in [1.54, 1.807) is 11.4 Å². The zero-order valence-electron chi connectivity index (χ0n) is 15.2. The molecule has 0 saturated heterocycles. The van der Waals surface area contributed by atoms with Gasteiger partial charge in [-0.1, -0.05) is 54.6 Å². The van der Waals surface area contributed by atoms with Gasteiger partial charge in [0, 0.05) is 5.56 Å². The van der Waals surface area contributed by atoms with Crippen LogP contribution in [0.1, 0.15) is 17.3 Å². The third-order valence-corrected chi connectivity index (χ3v) is 4.71. The van der Waals surface area contributed by atoms with Crippen LogP contribution in [0.5, 0.6) is 0 Å². The van der Waals surface area contributed by atoms with E-state index in [2.05, 4.69) is 10.2 Å². The van der Waals surface area contributed by atoms with Gasteiger partial charge >= 0.3 is 5.97 Å². The fraction of sp³-hybridized carbons (Fsp3) is 0.0909. The van der Waals surface area contributed by atoms with Gasteiger partial charge in [-0.15, -0.1) is 10.2 Å². The van der Waals surface area contributed by atoms with E-state index in [1.807, 2.05) is 66.7 Å². The first-order valence-corrected chi connectivity index (χ1v) is 9.06. The smallest absolute Gasteiger partial charge is 0.344 e. The highest BCUT2D eigenvalue weighted by atomic mass is 16.5. The molecule has 0 fully saturated rings. The van der Waals surface area contributed by atoms with Crippen molar-refractivity contribution >= 4 is 33.4 Å². The predicted molar refractivity (Wildman–Crippen MR) is 107 cm³/mol. The van der Waals surface area contributed by atoms with Gasteiger partial charge in [-0.2, -0.15) is 5.10 Å². The number of nitrogens with zero attached hydrogens (tertiary/aromatic N) is 4. The number of benzene rings is 3. The summed E-state index contributed by atoms with van der Waals surface area (Å²) in [6, 6.07) is 21.6. The number of fused-ring (bicyclic) bond motifs is 4. The Bertz CT molecular complexity index is 1340. The van der Waals surface area contributed by atoms with Crippen molar-refractivity contribution in [3.63, 3.8) is 0 Å². The van der Waals surface area contributed by atoms with Crippen molar-refractivity contribution in [2.45, 2.75) is 6.92 Å². The zero-order chi connectivity index (χ0) is 19.1. The van der Waals surface area contributed by atoms with Gasteiger partial charge in [0.2, 0.25) is 0 Å². The molecule has 136 valence electrons. The molecule has 0 amide bonds. The lowest BCUT2D eigenvalue weighted by Crippen LogP contribution is -2.07. The van der Waals surface area contributed by atoms with Crippen molar-refractivity contribution in [1.29, 1.82) is 0 Å². The molecule has 2 heterocycles. The number of esters is 1. The minimum atomic E-state index is -0.453. The minimum Gasteiger partial charge on any atom is -0.462 e. The Morgan fingerprint density at radius 2 is 1.68 bits per heavy atom. The third-order valence-electron chi connectivity index (χ3n) is 4.71. The molecule has 6 nitrogen and oxygen atoms in total. The van der Waals surface area contributed by atoms with Crippen molar-refractivity contribution in [2.24, 2.45) is 0 Å². The molecule has 0 aliphatic rings. The highest BCUT2D eigenvalue weighted by Crippen LogP contribution is 2.29. The van der Waals surface area contributed by atoms with Gasteiger partial charge in [0.05, 0.1) is 12.1 Å². The normalized spacial score (nSPS) is 11.3. The summed E-state index contributed by atoms with van der Waals surface area (Å²) in [5.74, 6) is -0.453. The van der Waals surface area contributed by atoms with E-state index in [0.29, 0.717) is 22.4 Å². The maximum atomic E-state index is 12.7. The standard InChI is InChI=1S/C22H16N4O2/c1-2-28-22(27)19-20(14-8-4-3-5-9-14)25-26-18-13-16-11-7-6-10-15(16)12-17(18)23-24-21(19)26/h3-13H,2H2,1H3. The Balaban J connectivity index is 1.87. The summed E-state index contributed by atoms with van der Waals surface area (Å²) in [7, 11) is 0. The van der Waals surface area contributed by atoms with Gasteiger partial charge in [0.15, 0.2) is 5.65 Å². The van der Waals surface area contributed by atoms with Crippen molar-refractivity contribution in [3.8, 4) is 11.3 Å². The summed E-state index contributed by atoms with van der Waals surface area (Å²) in [5, 5.41) is 15.5. The second-order valence-electron chi connectivity index (χ2n) is 6.43. The highest BCUT2D eigenvalue weighted by Gasteiger charge is 2.24. The van der Waals surface area contributed by atoms with Crippen LogP contribution in [-0.4, -0.2) is 32.4 Å². The van der Waals surface area contributed by atoms with E-state index >= 15 is 0 Å². The molecule has 0 aliphatic carbocycles. The molecule has 0 spiro atoms. The van der Waals surface area contributed by atoms with E-state index in [1.165, 1.54) is 0 Å². The zero-order valence-corrected chi connectivity index (χ0v) is 15.2. The van der Waals surface area contributed by atoms with E-state index in [9.17, 15) is 4.79 Å². The molecule has 5 aromatic rings. The minimum absolute atomic E-state index is 0.274. The molecule has 0 bridgehead atoms. The predicted octanol–water partition coefficient (Wildman–Crippen LogP) is 4.27. The van der Waals surface area contributed by atoms with Crippen LogP contribution in [0.4, 0.5) is 0 Å². The molecule has 0 N–H and O–H groups in total. The number of carbonyl (C=O) groups is 1. The van der Waals surface area contributed by atoms with E-state index in [-0.39, 0.29) is 6.61 Å². The first-order valence-electron chi connectivity index (χ1n) is 9.06. The van der Waals surface area contributed by atoms with Crippen LogP contribution in [0.2, 0.25) is 0 Å². The van der Waals surface area contributed by atoms with Crippen LogP contribution in [0, 0.1) is 0 Å². The number of hydrogen-bond donors (Lipinski definition) is 0. The highest BCUT2D eigenvalue weighted by molar-refractivity contribution is 6.04. The molecule has 0 aliphatic heterocycles. The molecule has 6 heteroatoms. The number of hydrogen-bond acceptors (Lipinski definition) is 5. The number of rotatable bonds is 3. The Morgan fingerprint density at radius 3 is 2.43 bits per heavy atom. The SMILES string of the molecule is CCOC(=O)c1c(-c2ccccc2)nn2c1nnc1cc3ccccc3cc12. The summed E-state index contributed by atoms with van der Waals surface area (Å²) in [6.07, 6.45) is 0. The summed E-state index contributed by atoms with van der Waals surface area (Å²) in [5.41, 5.74) is 3.58. The average molecular weight is 368 g/mol. The van der Waals surface area contributed by atoms with Crippen LogP contribution in [-0.2, 0) is 4.74 Å². The number of aromatic nitrogens is 4. The molecule has 0 radical (unpaired) electrons. The van der Waals surface area contributed by atoms with Crippen molar-refractivity contribution in [2.75, 3.05) is 6.61 Å². The summed E-state index contributed by atoms with van der Waals surface area (Å²) in [6.45, 7) is 2.05. The molecule has 5 rings (SSSR count). The van der Waals surface area contributed by atoms with E-state index in [4.69, 9.17) is 9.84 Å². The van der Waals surface area contributed by atoms with E-state index < -0.39 is 5.97 Å². The Morgan fingerprint density at radius 1 is 0.964 bits per heavy atom. The molecular weight excluding hydrogens is 352 g/mol. The monoisotopic (exact) mass is 368 g/mol. The summed E-state index contributed by atoms with van der Waals surface area (Å²) >= 11 is 0. The van der Waals surface area contributed by atoms with Gasteiger partial charge in [0.25, 0.3) is 0 Å². The Kier molecular flexibility index (Phi) is 3.76. The van der Waals surface area contributed by atoms with E-state index in [0.717, 1.165) is 21.9 Å². The Hall–Kier alpha value is -3.80. The molecule has 0 saturated carbocycles. The third kappa shape index (κ3) is 2.50. The molecule has 0 unspecified atom stereocenters. The van der Waals surface area contributed by atoms with Crippen LogP contribution in [0.25, 0.3) is 38.7 Å². The maximum Gasteiger partial charge on any atom is 0.344 e. The molecule has 0 atom stereocenters. The number of carbonyl (C=O) groups excluding carboxylic acids is 1. The Labute approximate surface area is 160 Å². The van der Waals surface area contributed by atoms with Crippen LogP contribution >= 0.6 is 0 Å². The van der Waals surface area contributed by atoms with Crippen molar-refractivity contribution in [3.05, 3.63) is 72.3 Å². The summed E-state index contributed by atoms with van der Waals surface area (Å²) < 4.78 is 6.96. The van der Waals surface area contributed by atoms with Crippen LogP contribution < -0.4 is 0 Å². The fourth-order valence-electron chi connectivity index (χ4n) is 3.43. The van der Waals surface area contributed by atoms with Crippen LogP contribution in [0.3, 0.4) is 0 Å². The van der Waals surface area contributed by atoms with Crippen LogP contribution in [0.15, 0.2) is 66.7 Å². The molecule has 2 aromatic heterocycles. The average Bonchev–Trinajstić information content (AvgIpc) is 3.13. The van der Waals surface area contributed by atoms with Crippen molar-refractivity contribution in [1.82, 2.24) is 19.8 Å². The van der Waals surface area contributed by atoms with Gasteiger partial charge in [-0.25, -0.2) is 9.31 Å². The first-order chi connectivity index (χ1) is 13.8. The number of ether oxygens (including phenoxy) is 1. The lowest BCUT2D eigenvalue weighted by molar-refractivity contribution is 0.0529. The first kappa shape index (κ1) is 16.4. The second-order valence-corrected chi connectivity index (χ2v) is 6.43. The molecular formula is C22H16N4O2. The van der Waals surface area contributed by atoms with Gasteiger partial charge < -0.3 is 4.74 Å². The van der Waals surface area contributed by atoms with Gasteiger partial charge in [0.1, 0.15) is 16.8 Å².